The van der Waals surface area contributed by atoms with E-state index in [0.29, 0.717) is 12.2 Å². The molecule has 0 bridgehead atoms. The van der Waals surface area contributed by atoms with Gasteiger partial charge < -0.3 is 10.1 Å². The van der Waals surface area contributed by atoms with Crippen molar-refractivity contribution in [2.75, 3.05) is 13.7 Å². The standard InChI is InChI=1S/C15H24FNO/c1-3-4-5-6-9-18-12-14-10-13(11-17-2)7-8-15(14)16/h7-8,10,17H,3-6,9,11-12H2,1-2H3. The van der Waals surface area contributed by atoms with Gasteiger partial charge in [-0.3, -0.25) is 0 Å². The minimum absolute atomic E-state index is 0.177. The van der Waals surface area contributed by atoms with Crippen LogP contribution in [0.15, 0.2) is 18.2 Å². The molecule has 0 aliphatic carbocycles. The van der Waals surface area contributed by atoms with Crippen molar-refractivity contribution in [2.24, 2.45) is 0 Å². The minimum Gasteiger partial charge on any atom is -0.377 e. The predicted octanol–water partition coefficient (Wildman–Crippen LogP) is 3.64. The van der Waals surface area contributed by atoms with Crippen molar-refractivity contribution in [1.29, 1.82) is 0 Å². The summed E-state index contributed by atoms with van der Waals surface area (Å²) in [6.07, 6.45) is 4.72. The third-order valence-electron chi connectivity index (χ3n) is 2.89. The van der Waals surface area contributed by atoms with Crippen LogP contribution in [0.3, 0.4) is 0 Å². The summed E-state index contributed by atoms with van der Waals surface area (Å²) < 4.78 is 19.1. The molecule has 0 unspecified atom stereocenters. The molecule has 1 rings (SSSR count). The van der Waals surface area contributed by atoms with Gasteiger partial charge in [-0.1, -0.05) is 32.3 Å². The number of hydrogen-bond donors (Lipinski definition) is 1. The van der Waals surface area contributed by atoms with Gasteiger partial charge in [0.15, 0.2) is 0 Å². The molecule has 2 nitrogen and oxygen atoms in total. The van der Waals surface area contributed by atoms with Crippen molar-refractivity contribution in [3.8, 4) is 0 Å². The molecule has 0 fully saturated rings. The van der Waals surface area contributed by atoms with Crippen molar-refractivity contribution in [2.45, 2.75) is 45.8 Å². The minimum atomic E-state index is -0.177. The lowest BCUT2D eigenvalue weighted by Crippen LogP contribution is -2.06. The summed E-state index contributed by atoms with van der Waals surface area (Å²) in [6.45, 7) is 4.03. The molecule has 0 aliphatic rings. The van der Waals surface area contributed by atoms with Gasteiger partial charge in [0, 0.05) is 18.7 Å². The Morgan fingerprint density at radius 3 is 2.78 bits per heavy atom. The zero-order valence-corrected chi connectivity index (χ0v) is 11.5. The number of unbranched alkanes of at least 4 members (excludes halogenated alkanes) is 3. The van der Waals surface area contributed by atoms with Crippen molar-refractivity contribution in [1.82, 2.24) is 5.32 Å². The maximum atomic E-state index is 13.5. The molecule has 0 aliphatic heterocycles. The highest BCUT2D eigenvalue weighted by Crippen LogP contribution is 2.12. The summed E-state index contributed by atoms with van der Waals surface area (Å²) in [7, 11) is 1.88. The topological polar surface area (TPSA) is 21.3 Å². The van der Waals surface area contributed by atoms with Gasteiger partial charge in [-0.25, -0.2) is 4.39 Å². The second kappa shape index (κ2) is 9.06. The van der Waals surface area contributed by atoms with Gasteiger partial charge in [0.1, 0.15) is 5.82 Å². The van der Waals surface area contributed by atoms with Crippen LogP contribution in [0, 0.1) is 5.82 Å². The van der Waals surface area contributed by atoms with E-state index in [4.69, 9.17) is 4.74 Å². The van der Waals surface area contributed by atoms with Gasteiger partial charge in [0.2, 0.25) is 0 Å². The molecule has 0 aromatic heterocycles. The number of ether oxygens (including phenoxy) is 1. The maximum absolute atomic E-state index is 13.5. The van der Waals surface area contributed by atoms with Gasteiger partial charge in [0.25, 0.3) is 0 Å². The lowest BCUT2D eigenvalue weighted by atomic mass is 10.1. The molecular formula is C15H24FNO. The normalized spacial score (nSPS) is 10.8. The Labute approximate surface area is 110 Å². The number of halogens is 1. The third-order valence-corrected chi connectivity index (χ3v) is 2.89. The van der Waals surface area contributed by atoms with Crippen LogP contribution in [0.2, 0.25) is 0 Å². The zero-order chi connectivity index (χ0) is 13.2. The van der Waals surface area contributed by atoms with Crippen molar-refractivity contribution < 1.29 is 9.13 Å². The molecular weight excluding hydrogens is 229 g/mol. The van der Waals surface area contributed by atoms with Crippen LogP contribution in [0.25, 0.3) is 0 Å². The number of rotatable bonds is 9. The van der Waals surface area contributed by atoms with E-state index in [0.717, 1.165) is 25.1 Å². The van der Waals surface area contributed by atoms with Crippen LogP contribution in [0.4, 0.5) is 4.39 Å². The van der Waals surface area contributed by atoms with Gasteiger partial charge in [-0.05, 0) is 31.2 Å². The average molecular weight is 253 g/mol. The average Bonchev–Trinajstić information content (AvgIpc) is 2.37. The molecule has 0 atom stereocenters. The van der Waals surface area contributed by atoms with E-state index in [2.05, 4.69) is 12.2 Å². The molecule has 1 N–H and O–H groups in total. The monoisotopic (exact) mass is 253 g/mol. The largest absolute Gasteiger partial charge is 0.377 e. The predicted molar refractivity (Wildman–Crippen MR) is 73.0 cm³/mol. The smallest absolute Gasteiger partial charge is 0.128 e. The Morgan fingerprint density at radius 2 is 2.06 bits per heavy atom. The zero-order valence-electron chi connectivity index (χ0n) is 11.5. The molecule has 0 radical (unpaired) electrons. The Morgan fingerprint density at radius 1 is 1.22 bits per heavy atom. The van der Waals surface area contributed by atoms with E-state index in [1.54, 1.807) is 6.07 Å². The fourth-order valence-electron chi connectivity index (χ4n) is 1.87. The first kappa shape index (κ1) is 15.1. The summed E-state index contributed by atoms with van der Waals surface area (Å²) in [5.74, 6) is -0.177. The third kappa shape index (κ3) is 5.61. The van der Waals surface area contributed by atoms with Crippen molar-refractivity contribution in [3.63, 3.8) is 0 Å². The second-order valence-corrected chi connectivity index (χ2v) is 4.57. The Bertz CT molecular complexity index is 341. The van der Waals surface area contributed by atoms with Gasteiger partial charge in [0.05, 0.1) is 6.61 Å². The fraction of sp³-hybridized carbons (Fsp3) is 0.600. The Hall–Kier alpha value is -0.930. The molecule has 0 heterocycles. The second-order valence-electron chi connectivity index (χ2n) is 4.57. The lowest BCUT2D eigenvalue weighted by molar-refractivity contribution is 0.114. The van der Waals surface area contributed by atoms with E-state index in [9.17, 15) is 4.39 Å². The number of hydrogen-bond acceptors (Lipinski definition) is 2. The highest BCUT2D eigenvalue weighted by Gasteiger charge is 2.03. The summed E-state index contributed by atoms with van der Waals surface area (Å²) in [5.41, 5.74) is 1.74. The summed E-state index contributed by atoms with van der Waals surface area (Å²) >= 11 is 0. The van der Waals surface area contributed by atoms with Crippen LogP contribution in [-0.2, 0) is 17.9 Å². The molecule has 3 heteroatoms. The van der Waals surface area contributed by atoms with E-state index in [1.807, 2.05) is 13.1 Å². The van der Waals surface area contributed by atoms with E-state index < -0.39 is 0 Å². The van der Waals surface area contributed by atoms with Gasteiger partial charge in [-0.2, -0.15) is 0 Å². The lowest BCUT2D eigenvalue weighted by Gasteiger charge is -2.08. The molecule has 1 aromatic carbocycles. The van der Waals surface area contributed by atoms with Gasteiger partial charge in [-0.15, -0.1) is 0 Å². The van der Waals surface area contributed by atoms with Crippen molar-refractivity contribution >= 4 is 0 Å². The van der Waals surface area contributed by atoms with Crippen LogP contribution >= 0.6 is 0 Å². The maximum Gasteiger partial charge on any atom is 0.128 e. The SMILES string of the molecule is CCCCCCOCc1cc(CNC)ccc1F. The molecule has 1 aromatic rings. The Balaban J connectivity index is 2.34. The first-order valence-electron chi connectivity index (χ1n) is 6.77. The molecule has 0 saturated heterocycles. The van der Waals surface area contributed by atoms with Crippen molar-refractivity contribution in [3.05, 3.63) is 35.1 Å². The summed E-state index contributed by atoms with van der Waals surface area (Å²) in [4.78, 5) is 0. The molecule has 18 heavy (non-hydrogen) atoms. The van der Waals surface area contributed by atoms with Crippen LogP contribution in [0.1, 0.15) is 43.7 Å². The number of benzene rings is 1. The highest BCUT2D eigenvalue weighted by molar-refractivity contribution is 5.24. The van der Waals surface area contributed by atoms with Crippen LogP contribution in [-0.4, -0.2) is 13.7 Å². The fourth-order valence-corrected chi connectivity index (χ4v) is 1.87. The first-order valence-corrected chi connectivity index (χ1v) is 6.77. The van der Waals surface area contributed by atoms with Crippen LogP contribution < -0.4 is 5.32 Å². The Kier molecular flexibility index (Phi) is 7.62. The molecule has 0 amide bonds. The van der Waals surface area contributed by atoms with Gasteiger partial charge >= 0.3 is 0 Å². The van der Waals surface area contributed by atoms with E-state index >= 15 is 0 Å². The molecule has 0 spiro atoms. The summed E-state index contributed by atoms with van der Waals surface area (Å²) in [6, 6.07) is 5.19. The first-order chi connectivity index (χ1) is 8.77. The van der Waals surface area contributed by atoms with Crippen LogP contribution in [0.5, 0.6) is 0 Å². The molecule has 102 valence electrons. The number of nitrogens with one attached hydrogen (secondary N) is 1. The highest BCUT2D eigenvalue weighted by atomic mass is 19.1. The van der Waals surface area contributed by atoms with E-state index in [-0.39, 0.29) is 5.82 Å². The quantitative estimate of drug-likeness (QED) is 0.678. The molecule has 0 saturated carbocycles. The van der Waals surface area contributed by atoms with E-state index in [1.165, 1.54) is 25.3 Å². The summed E-state index contributed by atoms with van der Waals surface area (Å²) in [5, 5.41) is 3.06.